The van der Waals surface area contributed by atoms with Gasteiger partial charge in [0.1, 0.15) is 5.75 Å². The number of benzene rings is 1. The van der Waals surface area contributed by atoms with E-state index in [1.807, 2.05) is 18.2 Å². The number of fused-ring (bicyclic) bond motifs is 1. The predicted molar refractivity (Wildman–Crippen MR) is 43.4 cm³/mol. The Kier molecular flexibility index (Phi) is 2.87. The van der Waals surface area contributed by atoms with Crippen molar-refractivity contribution in [2.45, 2.75) is 0 Å². The Morgan fingerprint density at radius 2 is 2.00 bits per heavy atom. The Morgan fingerprint density at radius 3 is 2.83 bits per heavy atom. The average Bonchev–Trinajstić information content (AvgIpc) is 2.04. The standard InChI is InChI=1S/C9H7NO.Au/c11-8-4-3-7-2-1-5-10-9(7)6-8;/h1-6,11H;. The number of aromatic nitrogens is 1. The second-order valence-electron chi connectivity index (χ2n) is 2.38. The summed E-state index contributed by atoms with van der Waals surface area (Å²) in [4.78, 5) is 4.08. The fourth-order valence-electron chi connectivity index (χ4n) is 1.05. The van der Waals surface area contributed by atoms with Crippen molar-refractivity contribution in [3.8, 4) is 5.75 Å². The van der Waals surface area contributed by atoms with Crippen LogP contribution in [0.15, 0.2) is 36.5 Å². The number of aromatic hydroxyl groups is 1. The van der Waals surface area contributed by atoms with Crippen molar-refractivity contribution in [3.05, 3.63) is 36.5 Å². The van der Waals surface area contributed by atoms with E-state index in [9.17, 15) is 0 Å². The Hall–Kier alpha value is -0.830. The summed E-state index contributed by atoms with van der Waals surface area (Å²) < 4.78 is 0. The van der Waals surface area contributed by atoms with Gasteiger partial charge in [-0.3, -0.25) is 4.98 Å². The zero-order valence-corrected chi connectivity index (χ0v) is 8.33. The summed E-state index contributed by atoms with van der Waals surface area (Å²) in [6.07, 6.45) is 1.71. The molecule has 2 nitrogen and oxygen atoms in total. The van der Waals surface area contributed by atoms with Gasteiger partial charge in [-0.1, -0.05) is 6.07 Å². The van der Waals surface area contributed by atoms with Gasteiger partial charge in [-0.05, 0) is 18.2 Å². The molecule has 1 heterocycles. The van der Waals surface area contributed by atoms with Crippen molar-refractivity contribution in [1.29, 1.82) is 0 Å². The molecule has 65 valence electrons. The monoisotopic (exact) mass is 342 g/mol. The molecule has 0 fully saturated rings. The molecule has 1 aromatic heterocycles. The summed E-state index contributed by atoms with van der Waals surface area (Å²) in [5, 5.41) is 10.1. The molecule has 0 aliphatic rings. The maximum Gasteiger partial charge on any atom is 0.117 e. The van der Waals surface area contributed by atoms with Crippen LogP contribution in [0.3, 0.4) is 0 Å². The first kappa shape index (κ1) is 9.26. The molecule has 12 heavy (non-hydrogen) atoms. The fourth-order valence-corrected chi connectivity index (χ4v) is 1.05. The van der Waals surface area contributed by atoms with E-state index in [1.54, 1.807) is 18.3 Å². The molecule has 0 aliphatic carbocycles. The van der Waals surface area contributed by atoms with Crippen molar-refractivity contribution in [2.24, 2.45) is 0 Å². The Morgan fingerprint density at radius 1 is 1.17 bits per heavy atom. The maximum atomic E-state index is 9.09. The van der Waals surface area contributed by atoms with E-state index in [0.717, 1.165) is 10.9 Å². The second-order valence-corrected chi connectivity index (χ2v) is 2.38. The van der Waals surface area contributed by atoms with Crippen LogP contribution in [0.4, 0.5) is 0 Å². The molecular weight excluding hydrogens is 335 g/mol. The molecule has 0 unspecified atom stereocenters. The summed E-state index contributed by atoms with van der Waals surface area (Å²) in [6.45, 7) is 0. The third kappa shape index (κ3) is 1.67. The van der Waals surface area contributed by atoms with Crippen molar-refractivity contribution >= 4 is 10.9 Å². The summed E-state index contributed by atoms with van der Waals surface area (Å²) in [5.74, 6) is 0.260. The van der Waals surface area contributed by atoms with Crippen LogP contribution in [-0.2, 0) is 22.4 Å². The summed E-state index contributed by atoms with van der Waals surface area (Å²) >= 11 is 0. The number of phenols is 1. The molecule has 0 saturated heterocycles. The average molecular weight is 342 g/mol. The van der Waals surface area contributed by atoms with Crippen molar-refractivity contribution in [3.63, 3.8) is 0 Å². The van der Waals surface area contributed by atoms with Crippen LogP contribution in [0.1, 0.15) is 0 Å². The molecule has 1 N–H and O–H groups in total. The van der Waals surface area contributed by atoms with Gasteiger partial charge in [0.25, 0.3) is 0 Å². The summed E-state index contributed by atoms with van der Waals surface area (Å²) in [6, 6.07) is 8.98. The van der Waals surface area contributed by atoms with E-state index in [4.69, 9.17) is 5.11 Å². The van der Waals surface area contributed by atoms with E-state index in [1.165, 1.54) is 0 Å². The number of hydrogen-bond acceptors (Lipinski definition) is 2. The topological polar surface area (TPSA) is 33.1 Å². The first-order chi connectivity index (χ1) is 5.36. The molecule has 2 aromatic rings. The molecule has 0 saturated carbocycles. The quantitative estimate of drug-likeness (QED) is 0.743. The van der Waals surface area contributed by atoms with E-state index in [-0.39, 0.29) is 28.1 Å². The fraction of sp³-hybridized carbons (Fsp3) is 0. The van der Waals surface area contributed by atoms with Gasteiger partial charge in [0, 0.05) is 40.0 Å². The molecule has 0 bridgehead atoms. The first-order valence-electron chi connectivity index (χ1n) is 3.40. The van der Waals surface area contributed by atoms with Crippen LogP contribution in [0.5, 0.6) is 5.75 Å². The van der Waals surface area contributed by atoms with Gasteiger partial charge in [-0.2, -0.15) is 0 Å². The third-order valence-corrected chi connectivity index (χ3v) is 1.59. The van der Waals surface area contributed by atoms with Crippen LogP contribution in [0.2, 0.25) is 0 Å². The molecule has 0 amide bonds. The molecule has 1 aromatic carbocycles. The first-order valence-corrected chi connectivity index (χ1v) is 3.40. The minimum absolute atomic E-state index is 0. The van der Waals surface area contributed by atoms with E-state index < -0.39 is 0 Å². The minimum atomic E-state index is 0. The number of pyridine rings is 1. The zero-order valence-electron chi connectivity index (χ0n) is 6.16. The Labute approximate surface area is 85.8 Å². The molecule has 1 radical (unpaired) electrons. The van der Waals surface area contributed by atoms with Crippen LogP contribution >= 0.6 is 0 Å². The number of hydrogen-bond donors (Lipinski definition) is 1. The second kappa shape index (κ2) is 3.72. The van der Waals surface area contributed by atoms with Gasteiger partial charge in [0.05, 0.1) is 5.52 Å². The zero-order chi connectivity index (χ0) is 7.68. The summed E-state index contributed by atoms with van der Waals surface area (Å²) in [7, 11) is 0. The van der Waals surface area contributed by atoms with Crippen molar-refractivity contribution in [2.75, 3.05) is 0 Å². The van der Waals surface area contributed by atoms with E-state index in [2.05, 4.69) is 4.98 Å². The van der Waals surface area contributed by atoms with Gasteiger partial charge < -0.3 is 5.11 Å². The van der Waals surface area contributed by atoms with E-state index in [0.29, 0.717) is 0 Å². The molecule has 0 atom stereocenters. The van der Waals surface area contributed by atoms with Gasteiger partial charge in [-0.25, -0.2) is 0 Å². The number of rotatable bonds is 0. The Bertz CT molecular complexity index is 389. The van der Waals surface area contributed by atoms with E-state index >= 15 is 0 Å². The molecule has 3 heteroatoms. The van der Waals surface area contributed by atoms with Crippen molar-refractivity contribution < 1.29 is 27.5 Å². The minimum Gasteiger partial charge on any atom is -0.508 e. The molecule has 2 rings (SSSR count). The Balaban J connectivity index is 0.000000720. The molecule has 0 spiro atoms. The smallest absolute Gasteiger partial charge is 0.117 e. The van der Waals surface area contributed by atoms with Gasteiger partial charge in [0.15, 0.2) is 0 Å². The normalized spacial score (nSPS) is 9.33. The third-order valence-electron chi connectivity index (χ3n) is 1.59. The molecular formula is C9H7AuNO. The van der Waals surface area contributed by atoms with Gasteiger partial charge in [0.2, 0.25) is 0 Å². The maximum absolute atomic E-state index is 9.09. The van der Waals surface area contributed by atoms with Crippen LogP contribution in [-0.4, -0.2) is 10.1 Å². The van der Waals surface area contributed by atoms with Crippen LogP contribution in [0, 0.1) is 0 Å². The molecule has 0 aliphatic heterocycles. The van der Waals surface area contributed by atoms with Crippen LogP contribution in [0.25, 0.3) is 10.9 Å². The van der Waals surface area contributed by atoms with Crippen LogP contribution < -0.4 is 0 Å². The largest absolute Gasteiger partial charge is 0.508 e. The number of phenolic OH excluding ortho intramolecular Hbond substituents is 1. The van der Waals surface area contributed by atoms with Gasteiger partial charge >= 0.3 is 0 Å². The SMILES string of the molecule is Oc1ccc2cccnc2c1.[Au]. The summed E-state index contributed by atoms with van der Waals surface area (Å²) in [5.41, 5.74) is 0.826. The predicted octanol–water partition coefficient (Wildman–Crippen LogP) is 1.94. The van der Waals surface area contributed by atoms with Gasteiger partial charge in [-0.15, -0.1) is 0 Å². The number of nitrogens with zero attached hydrogens (tertiary/aromatic N) is 1. The van der Waals surface area contributed by atoms with Crippen molar-refractivity contribution in [1.82, 2.24) is 4.98 Å².